The van der Waals surface area contributed by atoms with Crippen molar-refractivity contribution in [3.63, 3.8) is 0 Å². The Morgan fingerprint density at radius 1 is 1.38 bits per heavy atom. The van der Waals surface area contributed by atoms with Crippen LogP contribution in [0.3, 0.4) is 0 Å². The summed E-state index contributed by atoms with van der Waals surface area (Å²) in [6, 6.07) is 0.725. The minimum atomic E-state index is 0.286. The maximum atomic E-state index is 8.93. The van der Waals surface area contributed by atoms with Crippen molar-refractivity contribution in [3.05, 3.63) is 12.2 Å². The van der Waals surface area contributed by atoms with Crippen LogP contribution in [0.25, 0.3) is 0 Å². The van der Waals surface area contributed by atoms with Crippen molar-refractivity contribution >= 4 is 0 Å². The van der Waals surface area contributed by atoms with Crippen molar-refractivity contribution in [2.45, 2.75) is 38.6 Å². The molecule has 1 saturated carbocycles. The van der Waals surface area contributed by atoms with Gasteiger partial charge in [-0.1, -0.05) is 25.0 Å². The summed E-state index contributed by atoms with van der Waals surface area (Å²) < 4.78 is 0. The minimum Gasteiger partial charge on any atom is -0.395 e. The van der Waals surface area contributed by atoms with E-state index in [4.69, 9.17) is 5.11 Å². The highest BCUT2D eigenvalue weighted by Gasteiger charge is 2.20. The average molecular weight is 183 g/mol. The smallest absolute Gasteiger partial charge is 0.0558 e. The number of hydrogen-bond acceptors (Lipinski definition) is 2. The first-order valence-electron chi connectivity index (χ1n) is 5.34. The molecule has 13 heavy (non-hydrogen) atoms. The molecular weight excluding hydrogens is 162 g/mol. The number of aliphatic hydroxyl groups is 1. The van der Waals surface area contributed by atoms with Gasteiger partial charge in [-0.2, -0.15) is 0 Å². The minimum absolute atomic E-state index is 0.286. The van der Waals surface area contributed by atoms with E-state index in [0.717, 1.165) is 19.1 Å². The van der Waals surface area contributed by atoms with E-state index in [1.54, 1.807) is 0 Å². The summed E-state index contributed by atoms with van der Waals surface area (Å²) in [7, 11) is 0. The second-order valence-electron chi connectivity index (χ2n) is 3.73. The van der Waals surface area contributed by atoms with Crippen molar-refractivity contribution in [1.29, 1.82) is 0 Å². The van der Waals surface area contributed by atoms with Gasteiger partial charge in [-0.25, -0.2) is 0 Å². The van der Waals surface area contributed by atoms with Crippen LogP contribution in [0.1, 0.15) is 32.6 Å². The summed E-state index contributed by atoms with van der Waals surface area (Å²) in [4.78, 5) is 2.40. The van der Waals surface area contributed by atoms with Crippen LogP contribution in [0.5, 0.6) is 0 Å². The molecule has 76 valence electrons. The van der Waals surface area contributed by atoms with Gasteiger partial charge in [0.25, 0.3) is 0 Å². The van der Waals surface area contributed by atoms with Crippen molar-refractivity contribution in [2.24, 2.45) is 0 Å². The molecule has 2 nitrogen and oxygen atoms in total. The maximum absolute atomic E-state index is 8.93. The largest absolute Gasteiger partial charge is 0.395 e. The number of hydrogen-bond donors (Lipinski definition) is 1. The Hall–Kier alpha value is -0.340. The maximum Gasteiger partial charge on any atom is 0.0558 e. The SMILES string of the molecule is CC=CCN(CCO)C1CCCC1. The average Bonchev–Trinajstić information content (AvgIpc) is 2.65. The first kappa shape index (κ1) is 10.7. The predicted molar refractivity (Wildman–Crippen MR) is 55.7 cm³/mol. The van der Waals surface area contributed by atoms with E-state index >= 15 is 0 Å². The number of nitrogens with zero attached hydrogens (tertiary/aromatic N) is 1. The molecule has 0 radical (unpaired) electrons. The first-order valence-corrected chi connectivity index (χ1v) is 5.34. The van der Waals surface area contributed by atoms with Crippen LogP contribution in [-0.2, 0) is 0 Å². The number of rotatable bonds is 5. The third kappa shape index (κ3) is 3.49. The van der Waals surface area contributed by atoms with E-state index in [1.165, 1.54) is 25.7 Å². The van der Waals surface area contributed by atoms with Gasteiger partial charge in [0, 0.05) is 19.1 Å². The fraction of sp³-hybridized carbons (Fsp3) is 0.818. The molecule has 0 unspecified atom stereocenters. The van der Waals surface area contributed by atoms with Crippen LogP contribution in [0.15, 0.2) is 12.2 Å². The third-order valence-electron chi connectivity index (χ3n) is 2.80. The van der Waals surface area contributed by atoms with Gasteiger partial charge in [-0.15, -0.1) is 0 Å². The zero-order valence-electron chi connectivity index (χ0n) is 8.58. The topological polar surface area (TPSA) is 23.5 Å². The molecule has 1 N–H and O–H groups in total. The van der Waals surface area contributed by atoms with Crippen LogP contribution in [-0.4, -0.2) is 35.7 Å². The Labute approximate surface area is 81.2 Å². The highest BCUT2D eigenvalue weighted by molar-refractivity contribution is 4.86. The standard InChI is InChI=1S/C11H21NO/c1-2-3-8-12(9-10-13)11-6-4-5-7-11/h2-3,11,13H,4-10H2,1H3. The zero-order valence-corrected chi connectivity index (χ0v) is 8.58. The van der Waals surface area contributed by atoms with Crippen molar-refractivity contribution in [2.75, 3.05) is 19.7 Å². The third-order valence-corrected chi connectivity index (χ3v) is 2.80. The van der Waals surface area contributed by atoms with E-state index in [-0.39, 0.29) is 6.61 Å². The summed E-state index contributed by atoms with van der Waals surface area (Å²) in [5.41, 5.74) is 0. The van der Waals surface area contributed by atoms with E-state index in [9.17, 15) is 0 Å². The van der Waals surface area contributed by atoms with Gasteiger partial charge < -0.3 is 5.11 Å². The second kappa shape index (κ2) is 6.17. The molecule has 2 heteroatoms. The van der Waals surface area contributed by atoms with Crippen molar-refractivity contribution in [3.8, 4) is 0 Å². The van der Waals surface area contributed by atoms with Gasteiger partial charge in [0.05, 0.1) is 6.61 Å². The highest BCUT2D eigenvalue weighted by Crippen LogP contribution is 2.22. The Morgan fingerprint density at radius 2 is 2.08 bits per heavy atom. The zero-order chi connectivity index (χ0) is 9.52. The van der Waals surface area contributed by atoms with Crippen molar-refractivity contribution in [1.82, 2.24) is 4.90 Å². The normalized spacial score (nSPS) is 19.3. The summed E-state index contributed by atoms with van der Waals surface area (Å²) >= 11 is 0. The molecule has 1 rings (SSSR count). The van der Waals surface area contributed by atoms with Crippen LogP contribution >= 0.6 is 0 Å². The number of allylic oxidation sites excluding steroid dienone is 1. The highest BCUT2D eigenvalue weighted by atomic mass is 16.3. The Balaban J connectivity index is 2.35. The van der Waals surface area contributed by atoms with Gasteiger partial charge in [0.1, 0.15) is 0 Å². The van der Waals surface area contributed by atoms with Gasteiger partial charge in [-0.05, 0) is 19.8 Å². The molecular formula is C11H21NO. The van der Waals surface area contributed by atoms with E-state index in [2.05, 4.69) is 17.1 Å². The fourth-order valence-corrected chi connectivity index (χ4v) is 2.06. The van der Waals surface area contributed by atoms with Crippen LogP contribution in [0, 0.1) is 0 Å². The molecule has 0 heterocycles. The molecule has 1 aliphatic rings. The quantitative estimate of drug-likeness (QED) is 0.657. The Bertz CT molecular complexity index is 150. The summed E-state index contributed by atoms with van der Waals surface area (Å²) in [6.45, 7) is 4.16. The van der Waals surface area contributed by atoms with Crippen LogP contribution in [0.4, 0.5) is 0 Å². The van der Waals surface area contributed by atoms with Crippen LogP contribution < -0.4 is 0 Å². The molecule has 0 spiro atoms. The summed E-state index contributed by atoms with van der Waals surface area (Å²) in [6.07, 6.45) is 9.62. The molecule has 0 aromatic rings. The molecule has 0 aromatic heterocycles. The molecule has 1 fully saturated rings. The molecule has 1 aliphatic carbocycles. The Kier molecular flexibility index (Phi) is 5.09. The summed E-state index contributed by atoms with van der Waals surface area (Å²) in [5.74, 6) is 0. The summed E-state index contributed by atoms with van der Waals surface area (Å²) in [5, 5.41) is 8.93. The monoisotopic (exact) mass is 183 g/mol. The van der Waals surface area contributed by atoms with Crippen LogP contribution in [0.2, 0.25) is 0 Å². The van der Waals surface area contributed by atoms with Gasteiger partial charge in [0.2, 0.25) is 0 Å². The van der Waals surface area contributed by atoms with E-state index in [0.29, 0.717) is 0 Å². The lowest BCUT2D eigenvalue weighted by molar-refractivity contribution is 0.165. The molecule has 0 bridgehead atoms. The predicted octanol–water partition coefficient (Wildman–Crippen LogP) is 1.80. The molecule has 0 aromatic carbocycles. The van der Waals surface area contributed by atoms with Gasteiger partial charge in [0.15, 0.2) is 0 Å². The number of aliphatic hydroxyl groups excluding tert-OH is 1. The molecule has 0 atom stereocenters. The molecule has 0 aliphatic heterocycles. The van der Waals surface area contributed by atoms with E-state index < -0.39 is 0 Å². The Morgan fingerprint density at radius 3 is 2.62 bits per heavy atom. The second-order valence-corrected chi connectivity index (χ2v) is 3.73. The fourth-order valence-electron chi connectivity index (χ4n) is 2.06. The van der Waals surface area contributed by atoms with Gasteiger partial charge in [-0.3, -0.25) is 4.90 Å². The van der Waals surface area contributed by atoms with E-state index in [1.807, 2.05) is 6.92 Å². The van der Waals surface area contributed by atoms with Crippen molar-refractivity contribution < 1.29 is 5.11 Å². The first-order chi connectivity index (χ1) is 6.38. The lowest BCUT2D eigenvalue weighted by Crippen LogP contribution is -2.35. The lowest BCUT2D eigenvalue weighted by Gasteiger charge is -2.26. The lowest BCUT2D eigenvalue weighted by atomic mass is 10.2. The van der Waals surface area contributed by atoms with Gasteiger partial charge >= 0.3 is 0 Å². The molecule has 0 saturated heterocycles. The molecule has 0 amide bonds.